The topological polar surface area (TPSA) is 0 Å². The van der Waals surface area contributed by atoms with E-state index in [1.807, 2.05) is 0 Å². The molecule has 2 aliphatic rings. The summed E-state index contributed by atoms with van der Waals surface area (Å²) in [7, 11) is 0. The largest absolute Gasteiger partial charge is 0.0651 e. The number of hydrogen-bond donors (Lipinski definition) is 0. The Hall–Kier alpha value is 0. The van der Waals surface area contributed by atoms with E-state index < -0.39 is 0 Å². The molecule has 2 fully saturated rings. The van der Waals surface area contributed by atoms with Crippen molar-refractivity contribution in [1.29, 1.82) is 0 Å². The molecule has 0 spiro atoms. The van der Waals surface area contributed by atoms with Crippen LogP contribution in [0.3, 0.4) is 0 Å². The summed E-state index contributed by atoms with van der Waals surface area (Å²) in [5, 5.41) is 0. The van der Waals surface area contributed by atoms with Gasteiger partial charge in [0.15, 0.2) is 0 Å². The maximum absolute atomic E-state index is 2.48. The van der Waals surface area contributed by atoms with Crippen LogP contribution < -0.4 is 0 Å². The van der Waals surface area contributed by atoms with E-state index in [0.29, 0.717) is 0 Å². The lowest BCUT2D eigenvalue weighted by Gasteiger charge is -2.20. The maximum atomic E-state index is 2.48. The van der Waals surface area contributed by atoms with Crippen LogP contribution in [0.15, 0.2) is 0 Å². The number of hydrogen-bond acceptors (Lipinski definition) is 0. The molecule has 0 aromatic carbocycles. The van der Waals surface area contributed by atoms with E-state index >= 15 is 0 Å². The Bertz CT molecular complexity index is 140. The first-order valence-electron chi connectivity index (χ1n) is 4.68. The fourth-order valence-electron chi connectivity index (χ4n) is 2.53. The molecule has 0 nitrogen and oxygen atoms in total. The predicted octanol–water partition coefficient (Wildman–Crippen LogP) is 3.08. The van der Waals surface area contributed by atoms with Crippen LogP contribution in [0.2, 0.25) is 0 Å². The molecule has 0 N–H and O–H groups in total. The van der Waals surface area contributed by atoms with Crippen molar-refractivity contribution in [2.24, 2.45) is 23.2 Å². The Morgan fingerprint density at radius 2 is 2.10 bits per heavy atom. The molecule has 2 aliphatic carbocycles. The van der Waals surface area contributed by atoms with Gasteiger partial charge in [-0.3, -0.25) is 0 Å². The minimum atomic E-state index is 0.829. The van der Waals surface area contributed by atoms with Gasteiger partial charge in [-0.1, -0.05) is 27.2 Å². The minimum absolute atomic E-state index is 0.829. The molecule has 2 saturated carbocycles. The van der Waals surface area contributed by atoms with Gasteiger partial charge in [0.1, 0.15) is 0 Å². The SMILES string of the molecule is CCC(C)CC1(C)C2CC21. The van der Waals surface area contributed by atoms with E-state index in [0.717, 1.165) is 11.3 Å². The first-order chi connectivity index (χ1) is 4.68. The van der Waals surface area contributed by atoms with Crippen LogP contribution in [0.1, 0.15) is 40.0 Å². The Morgan fingerprint density at radius 1 is 1.50 bits per heavy atom. The van der Waals surface area contributed by atoms with Gasteiger partial charge >= 0.3 is 0 Å². The standard InChI is InChI=1S/C10H18/c1-4-7(2)6-10(3)8-5-9(8)10/h7-9H,4-6H2,1-3H3. The highest BCUT2D eigenvalue weighted by Crippen LogP contribution is 2.79. The minimum Gasteiger partial charge on any atom is -0.0651 e. The third kappa shape index (κ3) is 0.741. The summed E-state index contributed by atoms with van der Waals surface area (Å²) in [4.78, 5) is 0. The van der Waals surface area contributed by atoms with Crippen LogP contribution in [0.4, 0.5) is 0 Å². The van der Waals surface area contributed by atoms with Gasteiger partial charge in [0.2, 0.25) is 0 Å². The Morgan fingerprint density at radius 3 is 2.40 bits per heavy atom. The van der Waals surface area contributed by atoms with Gasteiger partial charge in [0, 0.05) is 0 Å². The van der Waals surface area contributed by atoms with Gasteiger partial charge in [-0.25, -0.2) is 0 Å². The van der Waals surface area contributed by atoms with Gasteiger partial charge in [-0.2, -0.15) is 0 Å². The summed E-state index contributed by atoms with van der Waals surface area (Å²) in [6.45, 7) is 7.18. The van der Waals surface area contributed by atoms with Gasteiger partial charge in [-0.15, -0.1) is 0 Å². The molecule has 0 aromatic rings. The lowest BCUT2D eigenvalue weighted by atomic mass is 9.85. The van der Waals surface area contributed by atoms with Crippen LogP contribution >= 0.6 is 0 Å². The van der Waals surface area contributed by atoms with Crippen molar-refractivity contribution in [1.82, 2.24) is 0 Å². The molecule has 3 unspecified atom stereocenters. The van der Waals surface area contributed by atoms with E-state index in [4.69, 9.17) is 0 Å². The van der Waals surface area contributed by atoms with Crippen molar-refractivity contribution < 1.29 is 0 Å². The normalized spacial score (nSPS) is 51.9. The Balaban J connectivity index is 1.80. The molecule has 10 heavy (non-hydrogen) atoms. The highest BCUT2D eigenvalue weighted by molar-refractivity contribution is 5.21. The summed E-state index contributed by atoms with van der Waals surface area (Å²) >= 11 is 0. The molecule has 0 bridgehead atoms. The molecule has 3 atom stereocenters. The smallest absolute Gasteiger partial charge is 0.0261 e. The average Bonchev–Trinajstić information content (AvgIpc) is 2.73. The second-order valence-corrected chi connectivity index (χ2v) is 4.67. The number of rotatable bonds is 3. The fraction of sp³-hybridized carbons (Fsp3) is 1.00. The van der Waals surface area contributed by atoms with Crippen molar-refractivity contribution in [2.75, 3.05) is 0 Å². The molecule has 58 valence electrons. The van der Waals surface area contributed by atoms with Crippen molar-refractivity contribution in [3.63, 3.8) is 0 Å². The summed E-state index contributed by atoms with van der Waals surface area (Å²) in [6.07, 6.45) is 4.43. The van der Waals surface area contributed by atoms with Crippen LogP contribution in [0, 0.1) is 23.2 Å². The van der Waals surface area contributed by atoms with Gasteiger partial charge in [0.25, 0.3) is 0 Å². The van der Waals surface area contributed by atoms with Crippen LogP contribution in [0.25, 0.3) is 0 Å². The molecule has 0 radical (unpaired) electrons. The summed E-state index contributed by atoms with van der Waals surface area (Å²) in [5.41, 5.74) is 0.829. The zero-order valence-corrected chi connectivity index (χ0v) is 7.35. The van der Waals surface area contributed by atoms with E-state index in [2.05, 4.69) is 20.8 Å². The summed E-state index contributed by atoms with van der Waals surface area (Å²) in [6, 6.07) is 0. The third-order valence-corrected chi connectivity index (χ3v) is 3.86. The molecule has 0 heterocycles. The molecule has 2 rings (SSSR count). The number of fused-ring (bicyclic) bond motifs is 1. The van der Waals surface area contributed by atoms with Gasteiger partial charge in [-0.05, 0) is 36.0 Å². The molecule has 0 heteroatoms. The fourth-order valence-corrected chi connectivity index (χ4v) is 2.53. The second kappa shape index (κ2) is 1.78. The average molecular weight is 138 g/mol. The van der Waals surface area contributed by atoms with Gasteiger partial charge < -0.3 is 0 Å². The van der Waals surface area contributed by atoms with E-state index in [9.17, 15) is 0 Å². The first-order valence-corrected chi connectivity index (χ1v) is 4.68. The van der Waals surface area contributed by atoms with E-state index in [-0.39, 0.29) is 0 Å². The van der Waals surface area contributed by atoms with Gasteiger partial charge in [0.05, 0.1) is 0 Å². The maximum Gasteiger partial charge on any atom is -0.0261 e. The highest BCUT2D eigenvalue weighted by Gasteiger charge is 2.72. The molecular formula is C10H18. The summed E-state index contributed by atoms with van der Waals surface area (Å²) in [5.74, 6) is 3.31. The van der Waals surface area contributed by atoms with E-state index in [1.165, 1.54) is 24.7 Å². The third-order valence-electron chi connectivity index (χ3n) is 3.86. The zero-order chi connectivity index (χ0) is 7.35. The zero-order valence-electron chi connectivity index (χ0n) is 7.35. The first kappa shape index (κ1) is 6.69. The van der Waals surface area contributed by atoms with Crippen LogP contribution in [0.5, 0.6) is 0 Å². The Kier molecular flexibility index (Phi) is 1.19. The Labute approximate surface area is 64.0 Å². The lowest BCUT2D eigenvalue weighted by Crippen LogP contribution is -2.10. The van der Waals surface area contributed by atoms with Crippen LogP contribution in [-0.4, -0.2) is 0 Å². The second-order valence-electron chi connectivity index (χ2n) is 4.67. The molecule has 0 amide bonds. The van der Waals surface area contributed by atoms with E-state index in [1.54, 1.807) is 6.42 Å². The van der Waals surface area contributed by atoms with Crippen LogP contribution in [-0.2, 0) is 0 Å². The molecule has 0 aliphatic heterocycles. The summed E-state index contributed by atoms with van der Waals surface area (Å²) < 4.78 is 0. The lowest BCUT2D eigenvalue weighted by molar-refractivity contribution is 0.305. The highest BCUT2D eigenvalue weighted by atomic mass is 14.8. The molecule has 0 aromatic heterocycles. The predicted molar refractivity (Wildman–Crippen MR) is 43.8 cm³/mol. The molecule has 0 saturated heterocycles. The van der Waals surface area contributed by atoms with Crippen molar-refractivity contribution in [2.45, 2.75) is 40.0 Å². The van der Waals surface area contributed by atoms with Crippen molar-refractivity contribution in [3.8, 4) is 0 Å². The quantitative estimate of drug-likeness (QED) is 0.562. The van der Waals surface area contributed by atoms with Crippen molar-refractivity contribution in [3.05, 3.63) is 0 Å². The monoisotopic (exact) mass is 138 g/mol. The molecular weight excluding hydrogens is 120 g/mol. The van der Waals surface area contributed by atoms with Crippen molar-refractivity contribution >= 4 is 0 Å².